The molecule has 24 heavy (non-hydrogen) atoms. The van der Waals surface area contributed by atoms with Crippen molar-refractivity contribution in [2.24, 2.45) is 0 Å². The summed E-state index contributed by atoms with van der Waals surface area (Å²) in [5.74, 6) is -0.986. The van der Waals surface area contributed by atoms with Gasteiger partial charge in [-0.15, -0.1) is 0 Å². The largest absolute Gasteiger partial charge is 0.478 e. The summed E-state index contributed by atoms with van der Waals surface area (Å²) >= 11 is 5.84. The van der Waals surface area contributed by atoms with Crippen LogP contribution in [0.25, 0.3) is 0 Å². The molecule has 1 aromatic heterocycles. The number of urea groups is 1. The smallest absolute Gasteiger partial charge is 0.337 e. The molecule has 1 aromatic carbocycles. The molecule has 1 aliphatic rings. The third-order valence-electron chi connectivity index (χ3n) is 4.01. The first-order valence-electron chi connectivity index (χ1n) is 7.51. The number of hydrogen-bond acceptors (Lipinski definition) is 3. The number of halogens is 1. The molecule has 2 aromatic rings. The number of aromatic carboxylic acids is 1. The normalized spacial score (nSPS) is 13.3. The highest BCUT2D eigenvalue weighted by Crippen LogP contribution is 2.21. The number of carboxylic acids is 1. The molecule has 0 saturated heterocycles. The first-order valence-corrected chi connectivity index (χ1v) is 7.88. The number of carbonyl (C=O) groups is 2. The van der Waals surface area contributed by atoms with E-state index in [1.807, 2.05) is 12.1 Å². The summed E-state index contributed by atoms with van der Waals surface area (Å²) in [6, 6.07) is 7.09. The average Bonchev–Trinajstić information content (AvgIpc) is 2.59. The average molecular weight is 346 g/mol. The first kappa shape index (κ1) is 16.3. The lowest BCUT2D eigenvalue weighted by Gasteiger charge is -2.29. The number of amides is 2. The number of nitrogens with zero attached hydrogens (tertiary/aromatic N) is 2. The van der Waals surface area contributed by atoms with E-state index in [1.54, 1.807) is 23.2 Å². The Morgan fingerprint density at radius 3 is 2.71 bits per heavy atom. The fourth-order valence-corrected chi connectivity index (χ4v) is 2.87. The van der Waals surface area contributed by atoms with Crippen molar-refractivity contribution in [3.63, 3.8) is 0 Å². The molecule has 0 radical (unpaired) electrons. The monoisotopic (exact) mass is 345 g/mol. The van der Waals surface area contributed by atoms with Crippen molar-refractivity contribution < 1.29 is 14.7 Å². The molecule has 2 heterocycles. The van der Waals surface area contributed by atoms with Crippen molar-refractivity contribution in [2.45, 2.75) is 19.5 Å². The SMILES string of the molecule is O=C(O)c1cncc2c1CCN(C(=O)NCc1ccc(Cl)cc1)C2. The minimum absolute atomic E-state index is 0.184. The van der Waals surface area contributed by atoms with Gasteiger partial charge < -0.3 is 15.3 Å². The van der Waals surface area contributed by atoms with Gasteiger partial charge in [-0.2, -0.15) is 0 Å². The van der Waals surface area contributed by atoms with Crippen molar-refractivity contribution in [3.8, 4) is 0 Å². The highest BCUT2D eigenvalue weighted by atomic mass is 35.5. The molecule has 0 fully saturated rings. The molecule has 0 atom stereocenters. The van der Waals surface area contributed by atoms with Crippen molar-refractivity contribution in [1.29, 1.82) is 0 Å². The van der Waals surface area contributed by atoms with Gasteiger partial charge in [-0.1, -0.05) is 23.7 Å². The molecule has 3 rings (SSSR count). The van der Waals surface area contributed by atoms with Crippen molar-refractivity contribution >= 4 is 23.6 Å². The molecular weight excluding hydrogens is 330 g/mol. The number of fused-ring (bicyclic) bond motifs is 1. The first-order chi connectivity index (χ1) is 11.5. The van der Waals surface area contributed by atoms with Crippen molar-refractivity contribution in [1.82, 2.24) is 15.2 Å². The second-order valence-corrected chi connectivity index (χ2v) is 6.02. The van der Waals surface area contributed by atoms with Crippen molar-refractivity contribution in [2.75, 3.05) is 6.54 Å². The summed E-state index contributed by atoms with van der Waals surface area (Å²) in [5.41, 5.74) is 2.72. The summed E-state index contributed by atoms with van der Waals surface area (Å²) in [6.07, 6.45) is 3.49. The van der Waals surface area contributed by atoms with E-state index >= 15 is 0 Å². The van der Waals surface area contributed by atoms with Gasteiger partial charge in [0.25, 0.3) is 0 Å². The summed E-state index contributed by atoms with van der Waals surface area (Å²) in [4.78, 5) is 29.2. The van der Waals surface area contributed by atoms with Crippen LogP contribution in [0.5, 0.6) is 0 Å². The van der Waals surface area contributed by atoms with E-state index in [0.29, 0.717) is 31.1 Å². The summed E-state index contributed by atoms with van der Waals surface area (Å²) < 4.78 is 0. The molecule has 1 aliphatic heterocycles. The molecular formula is C17H16ClN3O3. The molecule has 7 heteroatoms. The molecule has 0 saturated carbocycles. The minimum atomic E-state index is -0.986. The van der Waals surface area contributed by atoms with E-state index in [4.69, 9.17) is 11.6 Å². The standard InChI is InChI=1S/C17H16ClN3O3/c18-13-3-1-11(2-4-13)7-20-17(24)21-6-5-14-12(10-21)8-19-9-15(14)16(22)23/h1-4,8-9H,5-7,10H2,(H,20,24)(H,22,23). The highest BCUT2D eigenvalue weighted by Gasteiger charge is 2.24. The molecule has 0 bridgehead atoms. The summed E-state index contributed by atoms with van der Waals surface area (Å²) in [7, 11) is 0. The summed E-state index contributed by atoms with van der Waals surface area (Å²) in [5, 5.41) is 12.7. The molecule has 0 aliphatic carbocycles. The minimum Gasteiger partial charge on any atom is -0.478 e. The predicted molar refractivity (Wildman–Crippen MR) is 89.0 cm³/mol. The zero-order valence-corrected chi connectivity index (χ0v) is 13.6. The van der Waals surface area contributed by atoms with E-state index in [-0.39, 0.29) is 11.6 Å². The molecule has 0 unspecified atom stereocenters. The highest BCUT2D eigenvalue weighted by molar-refractivity contribution is 6.30. The molecule has 2 amide bonds. The van der Waals surface area contributed by atoms with Crippen molar-refractivity contribution in [3.05, 3.63) is 63.9 Å². The number of carboxylic acid groups (broad SMARTS) is 1. The number of pyridine rings is 1. The van der Waals surface area contributed by atoms with Crippen LogP contribution in [0.15, 0.2) is 36.7 Å². The maximum Gasteiger partial charge on any atom is 0.337 e. The second kappa shape index (κ2) is 6.88. The number of hydrogen-bond donors (Lipinski definition) is 2. The predicted octanol–water partition coefficient (Wildman–Crippen LogP) is 2.70. The van der Waals surface area contributed by atoms with Gasteiger partial charge in [0.2, 0.25) is 0 Å². The van der Waals surface area contributed by atoms with Crippen LogP contribution < -0.4 is 5.32 Å². The van der Waals surface area contributed by atoms with Crippen LogP contribution in [0, 0.1) is 0 Å². The Labute approximate surface area is 144 Å². The number of aromatic nitrogens is 1. The number of benzene rings is 1. The van der Waals surface area contributed by atoms with Crippen LogP contribution >= 0.6 is 11.6 Å². The lowest BCUT2D eigenvalue weighted by molar-refractivity contribution is 0.0694. The Hall–Kier alpha value is -2.60. The maximum absolute atomic E-state index is 12.3. The fourth-order valence-electron chi connectivity index (χ4n) is 2.74. The van der Waals surface area contributed by atoms with Crippen LogP contribution in [-0.2, 0) is 19.5 Å². The van der Waals surface area contributed by atoms with E-state index in [1.165, 1.54) is 6.20 Å². The Balaban J connectivity index is 1.64. The molecule has 0 spiro atoms. The van der Waals surface area contributed by atoms with Crippen LogP contribution in [0.3, 0.4) is 0 Å². The Bertz CT molecular complexity index is 777. The number of carbonyl (C=O) groups excluding carboxylic acids is 1. The maximum atomic E-state index is 12.3. The lowest BCUT2D eigenvalue weighted by Crippen LogP contribution is -2.42. The zero-order chi connectivity index (χ0) is 17.1. The summed E-state index contributed by atoms with van der Waals surface area (Å²) in [6.45, 7) is 1.24. The van der Waals surface area contributed by atoms with Crippen LogP contribution in [0.1, 0.15) is 27.0 Å². The van der Waals surface area contributed by atoms with Gasteiger partial charge >= 0.3 is 12.0 Å². The van der Waals surface area contributed by atoms with E-state index < -0.39 is 5.97 Å². The fraction of sp³-hybridized carbons (Fsp3) is 0.235. The second-order valence-electron chi connectivity index (χ2n) is 5.59. The van der Waals surface area contributed by atoms with Gasteiger partial charge in [0, 0.05) is 37.1 Å². The third-order valence-corrected chi connectivity index (χ3v) is 4.27. The Kier molecular flexibility index (Phi) is 4.66. The van der Waals surface area contributed by atoms with Crippen LogP contribution in [-0.4, -0.2) is 33.5 Å². The van der Waals surface area contributed by atoms with Gasteiger partial charge in [0.05, 0.1) is 5.56 Å². The van der Waals surface area contributed by atoms with E-state index in [0.717, 1.165) is 16.7 Å². The molecule has 2 N–H and O–H groups in total. The van der Waals surface area contributed by atoms with E-state index in [2.05, 4.69) is 10.3 Å². The van der Waals surface area contributed by atoms with E-state index in [9.17, 15) is 14.7 Å². The zero-order valence-electron chi connectivity index (χ0n) is 12.8. The Morgan fingerprint density at radius 2 is 2.00 bits per heavy atom. The quantitative estimate of drug-likeness (QED) is 0.896. The lowest BCUT2D eigenvalue weighted by atomic mass is 9.97. The number of rotatable bonds is 3. The van der Waals surface area contributed by atoms with Gasteiger partial charge in [0.15, 0.2) is 0 Å². The van der Waals surface area contributed by atoms with Gasteiger partial charge in [-0.3, -0.25) is 4.98 Å². The van der Waals surface area contributed by atoms with Gasteiger partial charge in [-0.05, 0) is 35.2 Å². The Morgan fingerprint density at radius 1 is 1.25 bits per heavy atom. The number of nitrogens with one attached hydrogen (secondary N) is 1. The van der Waals surface area contributed by atoms with Gasteiger partial charge in [-0.25, -0.2) is 9.59 Å². The third kappa shape index (κ3) is 3.49. The van der Waals surface area contributed by atoms with Gasteiger partial charge in [0.1, 0.15) is 0 Å². The molecule has 6 nitrogen and oxygen atoms in total. The molecule has 124 valence electrons. The van der Waals surface area contributed by atoms with Crippen LogP contribution in [0.2, 0.25) is 5.02 Å². The topological polar surface area (TPSA) is 82.5 Å². The van der Waals surface area contributed by atoms with Crippen LogP contribution in [0.4, 0.5) is 4.79 Å².